The van der Waals surface area contributed by atoms with Crippen molar-refractivity contribution in [2.24, 2.45) is 0 Å². The van der Waals surface area contributed by atoms with Crippen LogP contribution in [0.25, 0.3) is 0 Å². The number of hydrogen-bond acceptors (Lipinski definition) is 3. The Labute approximate surface area is 106 Å². The van der Waals surface area contributed by atoms with Gasteiger partial charge in [-0.3, -0.25) is 0 Å². The highest BCUT2D eigenvalue weighted by Crippen LogP contribution is 2.25. The van der Waals surface area contributed by atoms with E-state index in [0.29, 0.717) is 5.82 Å². The second-order valence-corrected chi connectivity index (χ2v) is 4.19. The third-order valence-electron chi connectivity index (χ3n) is 2.67. The van der Waals surface area contributed by atoms with Crippen molar-refractivity contribution in [1.82, 2.24) is 10.3 Å². The first kappa shape index (κ1) is 11.9. The fourth-order valence-corrected chi connectivity index (χ4v) is 1.96. The van der Waals surface area contributed by atoms with E-state index >= 15 is 0 Å². The quantitative estimate of drug-likeness (QED) is 0.877. The Balaban J connectivity index is 2.40. The van der Waals surface area contributed by atoms with E-state index in [2.05, 4.69) is 10.3 Å². The van der Waals surface area contributed by atoms with Gasteiger partial charge >= 0.3 is 0 Å². The van der Waals surface area contributed by atoms with E-state index in [1.165, 1.54) is 0 Å². The second kappa shape index (κ2) is 5.17. The monoisotopic (exact) mass is 247 g/mol. The molecule has 0 saturated carbocycles. The molecule has 1 aromatic heterocycles. The average Bonchev–Trinajstić information content (AvgIpc) is 2.35. The maximum Gasteiger partial charge on any atom is 0.128 e. The Hall–Kier alpha value is -1.58. The van der Waals surface area contributed by atoms with Crippen molar-refractivity contribution in [3.63, 3.8) is 0 Å². The van der Waals surface area contributed by atoms with Gasteiger partial charge in [0.15, 0.2) is 0 Å². The van der Waals surface area contributed by atoms with E-state index < -0.39 is 0 Å². The van der Waals surface area contributed by atoms with Crippen LogP contribution >= 0.6 is 11.6 Å². The van der Waals surface area contributed by atoms with Gasteiger partial charge in [-0.2, -0.15) is 0 Å². The molecule has 1 heterocycles. The van der Waals surface area contributed by atoms with Crippen LogP contribution in [-0.4, -0.2) is 12.0 Å². The van der Waals surface area contributed by atoms with E-state index in [9.17, 15) is 0 Å². The Morgan fingerprint density at radius 3 is 2.53 bits per heavy atom. The number of nitrogen functional groups attached to an aromatic ring is 1. The van der Waals surface area contributed by atoms with Crippen molar-refractivity contribution in [3.05, 3.63) is 58.7 Å². The molecule has 2 aromatic rings. The summed E-state index contributed by atoms with van der Waals surface area (Å²) in [6.45, 7) is 0. The molecular formula is C13H14ClN3. The van der Waals surface area contributed by atoms with Crippen LogP contribution < -0.4 is 11.1 Å². The molecule has 0 spiro atoms. The summed E-state index contributed by atoms with van der Waals surface area (Å²) in [6.07, 6.45) is 1.69. The van der Waals surface area contributed by atoms with Crippen molar-refractivity contribution in [1.29, 1.82) is 0 Å². The summed E-state index contributed by atoms with van der Waals surface area (Å²) in [4.78, 5) is 4.10. The lowest BCUT2D eigenvalue weighted by molar-refractivity contribution is 0.691. The lowest BCUT2D eigenvalue weighted by Crippen LogP contribution is -2.19. The van der Waals surface area contributed by atoms with Gasteiger partial charge in [0.1, 0.15) is 5.82 Å². The van der Waals surface area contributed by atoms with Gasteiger partial charge in [0.25, 0.3) is 0 Å². The average molecular weight is 248 g/mol. The number of hydrogen-bond donors (Lipinski definition) is 2. The third kappa shape index (κ3) is 2.57. The molecule has 1 aromatic carbocycles. The summed E-state index contributed by atoms with van der Waals surface area (Å²) in [6, 6.07) is 11.6. The maximum atomic E-state index is 5.89. The molecule has 3 N–H and O–H groups in total. The predicted molar refractivity (Wildman–Crippen MR) is 71.0 cm³/mol. The zero-order chi connectivity index (χ0) is 12.3. The lowest BCUT2D eigenvalue weighted by Gasteiger charge is -2.18. The van der Waals surface area contributed by atoms with Crippen LogP contribution in [0.2, 0.25) is 5.02 Å². The van der Waals surface area contributed by atoms with Crippen LogP contribution in [0.4, 0.5) is 5.82 Å². The normalized spacial score (nSPS) is 12.4. The van der Waals surface area contributed by atoms with Crippen LogP contribution in [0, 0.1) is 0 Å². The van der Waals surface area contributed by atoms with Gasteiger partial charge in [-0.15, -0.1) is 0 Å². The number of anilines is 1. The van der Waals surface area contributed by atoms with E-state index in [4.69, 9.17) is 17.3 Å². The van der Waals surface area contributed by atoms with Crippen molar-refractivity contribution in [2.45, 2.75) is 6.04 Å². The molecule has 0 aliphatic carbocycles. The number of benzene rings is 1. The van der Waals surface area contributed by atoms with Gasteiger partial charge in [0.05, 0.1) is 6.04 Å². The molecule has 17 heavy (non-hydrogen) atoms. The van der Waals surface area contributed by atoms with Gasteiger partial charge in [0.2, 0.25) is 0 Å². The predicted octanol–water partition coefficient (Wildman–Crippen LogP) is 2.63. The molecule has 3 nitrogen and oxygen atoms in total. The van der Waals surface area contributed by atoms with Crippen LogP contribution in [0.3, 0.4) is 0 Å². The van der Waals surface area contributed by atoms with Crippen molar-refractivity contribution >= 4 is 17.4 Å². The Kier molecular flexibility index (Phi) is 3.61. The number of nitrogens with zero attached hydrogens (tertiary/aromatic N) is 1. The SMILES string of the molecule is CNC(c1ccc(Cl)cc1)c1cccnc1N. The number of aromatic nitrogens is 1. The van der Waals surface area contributed by atoms with Gasteiger partial charge in [-0.05, 0) is 30.8 Å². The van der Waals surface area contributed by atoms with Gasteiger partial charge in [-0.1, -0.05) is 29.8 Å². The zero-order valence-electron chi connectivity index (χ0n) is 9.52. The third-order valence-corrected chi connectivity index (χ3v) is 2.93. The van der Waals surface area contributed by atoms with Gasteiger partial charge in [0, 0.05) is 16.8 Å². The minimum absolute atomic E-state index is 0.0287. The molecule has 0 radical (unpaired) electrons. The molecule has 88 valence electrons. The molecule has 0 aliphatic heterocycles. The topological polar surface area (TPSA) is 50.9 Å². The summed E-state index contributed by atoms with van der Waals surface area (Å²) in [5, 5.41) is 3.96. The second-order valence-electron chi connectivity index (χ2n) is 3.75. The van der Waals surface area contributed by atoms with Crippen LogP contribution in [0.5, 0.6) is 0 Å². The molecule has 0 aliphatic rings. The van der Waals surface area contributed by atoms with Crippen LogP contribution in [0.15, 0.2) is 42.6 Å². The molecule has 0 saturated heterocycles. The number of halogens is 1. The Bertz CT molecular complexity index is 496. The number of nitrogens with one attached hydrogen (secondary N) is 1. The molecule has 0 amide bonds. The summed E-state index contributed by atoms with van der Waals surface area (Å²) < 4.78 is 0. The number of nitrogens with two attached hydrogens (primary N) is 1. The molecular weight excluding hydrogens is 234 g/mol. The molecule has 4 heteroatoms. The van der Waals surface area contributed by atoms with Crippen LogP contribution in [0.1, 0.15) is 17.2 Å². The molecule has 2 rings (SSSR count). The Morgan fingerprint density at radius 2 is 1.94 bits per heavy atom. The summed E-state index contributed by atoms with van der Waals surface area (Å²) in [7, 11) is 1.89. The lowest BCUT2D eigenvalue weighted by atomic mass is 9.99. The first-order valence-electron chi connectivity index (χ1n) is 5.35. The molecule has 0 bridgehead atoms. The van der Waals surface area contributed by atoms with Gasteiger partial charge in [-0.25, -0.2) is 4.98 Å². The number of rotatable bonds is 3. The van der Waals surface area contributed by atoms with E-state index in [1.807, 2.05) is 43.4 Å². The first-order chi connectivity index (χ1) is 8.22. The minimum Gasteiger partial charge on any atom is -0.383 e. The highest BCUT2D eigenvalue weighted by atomic mass is 35.5. The van der Waals surface area contributed by atoms with Crippen molar-refractivity contribution in [3.8, 4) is 0 Å². The van der Waals surface area contributed by atoms with E-state index in [1.54, 1.807) is 6.20 Å². The Morgan fingerprint density at radius 1 is 1.24 bits per heavy atom. The largest absolute Gasteiger partial charge is 0.383 e. The fourth-order valence-electron chi connectivity index (χ4n) is 1.83. The zero-order valence-corrected chi connectivity index (χ0v) is 10.3. The summed E-state index contributed by atoms with van der Waals surface area (Å²) >= 11 is 5.88. The highest BCUT2D eigenvalue weighted by molar-refractivity contribution is 6.30. The summed E-state index contributed by atoms with van der Waals surface area (Å²) in [5.74, 6) is 0.543. The van der Waals surface area contributed by atoms with Crippen molar-refractivity contribution < 1.29 is 0 Å². The van der Waals surface area contributed by atoms with E-state index in [0.717, 1.165) is 16.1 Å². The standard InChI is InChI=1S/C13H14ClN3/c1-16-12(9-4-6-10(14)7-5-9)11-3-2-8-17-13(11)15/h2-8,12,16H,1H3,(H2,15,17). The summed E-state index contributed by atoms with van der Waals surface area (Å²) in [5.41, 5.74) is 7.96. The number of pyridine rings is 1. The maximum absolute atomic E-state index is 5.89. The first-order valence-corrected chi connectivity index (χ1v) is 5.73. The van der Waals surface area contributed by atoms with Gasteiger partial charge < -0.3 is 11.1 Å². The molecule has 1 atom stereocenters. The van der Waals surface area contributed by atoms with Crippen molar-refractivity contribution in [2.75, 3.05) is 12.8 Å². The fraction of sp³-hybridized carbons (Fsp3) is 0.154. The molecule has 1 unspecified atom stereocenters. The minimum atomic E-state index is 0.0287. The van der Waals surface area contributed by atoms with E-state index in [-0.39, 0.29) is 6.04 Å². The highest BCUT2D eigenvalue weighted by Gasteiger charge is 2.14. The van der Waals surface area contributed by atoms with Crippen LogP contribution in [-0.2, 0) is 0 Å². The smallest absolute Gasteiger partial charge is 0.128 e. The molecule has 0 fully saturated rings.